The number of hydrogen-bond acceptors (Lipinski definition) is 5. The Hall–Kier alpha value is -2.64. The van der Waals surface area contributed by atoms with Crippen molar-refractivity contribution in [3.8, 4) is 5.75 Å². The molecule has 5 nitrogen and oxygen atoms in total. The van der Waals surface area contributed by atoms with Crippen LogP contribution in [0.3, 0.4) is 0 Å². The molecule has 0 unspecified atom stereocenters. The highest BCUT2D eigenvalue weighted by Crippen LogP contribution is 2.32. The number of rotatable bonds is 5. The molecule has 0 bridgehead atoms. The van der Waals surface area contributed by atoms with Crippen LogP contribution in [0.2, 0.25) is 0 Å². The number of aryl methyl sites for hydroxylation is 2. The highest BCUT2D eigenvalue weighted by Gasteiger charge is 2.33. The van der Waals surface area contributed by atoms with Crippen LogP contribution < -0.4 is 10.1 Å². The maximum atomic E-state index is 12.7. The van der Waals surface area contributed by atoms with E-state index in [4.69, 9.17) is 17.0 Å². The molecule has 0 spiro atoms. The molecule has 0 radical (unpaired) electrons. The van der Waals surface area contributed by atoms with Crippen LogP contribution in [0, 0.1) is 13.8 Å². The second kappa shape index (κ2) is 8.58. The second-order valence-corrected chi connectivity index (χ2v) is 8.08. The summed E-state index contributed by atoms with van der Waals surface area (Å²) in [6.45, 7) is 3.81. The van der Waals surface area contributed by atoms with Crippen molar-refractivity contribution in [3.63, 3.8) is 0 Å². The molecule has 0 saturated carbocycles. The maximum Gasteiger partial charge on any atom is 0.266 e. The summed E-state index contributed by atoms with van der Waals surface area (Å²) in [5.41, 5.74) is 3.69. The number of carbonyl (C=O) groups is 2. The number of thiocarbonyl (C=S) groups is 1. The average Bonchev–Trinajstić information content (AvgIpc) is 2.92. The lowest BCUT2D eigenvalue weighted by Gasteiger charge is -2.15. The number of ether oxygens (including phenoxy) is 1. The number of methoxy groups -OCH3 is 1. The van der Waals surface area contributed by atoms with E-state index in [-0.39, 0.29) is 18.4 Å². The Kier molecular flexibility index (Phi) is 6.16. The molecule has 0 aliphatic carbocycles. The van der Waals surface area contributed by atoms with Crippen molar-refractivity contribution in [2.75, 3.05) is 19.0 Å². The van der Waals surface area contributed by atoms with E-state index in [1.165, 1.54) is 16.7 Å². The summed E-state index contributed by atoms with van der Waals surface area (Å²) >= 11 is 6.50. The van der Waals surface area contributed by atoms with Gasteiger partial charge in [-0.25, -0.2) is 0 Å². The standard InChI is InChI=1S/C21H20N2O3S2/c1-13-4-9-17(14(2)10-13)22-19(24)12-23-20(25)18(28-21(23)27)11-15-5-7-16(26-3)8-6-15/h4-11H,12H2,1-3H3,(H,22,24). The molecule has 1 N–H and O–H groups in total. The van der Waals surface area contributed by atoms with Gasteiger partial charge in [-0.05, 0) is 49.2 Å². The first-order valence-electron chi connectivity index (χ1n) is 8.64. The monoisotopic (exact) mass is 412 g/mol. The molecule has 2 aromatic carbocycles. The Morgan fingerprint density at radius 3 is 2.57 bits per heavy atom. The zero-order chi connectivity index (χ0) is 20.3. The fraction of sp³-hybridized carbons (Fsp3) is 0.190. The van der Waals surface area contributed by atoms with Gasteiger partial charge in [-0.1, -0.05) is 53.8 Å². The van der Waals surface area contributed by atoms with Gasteiger partial charge in [-0.15, -0.1) is 0 Å². The number of thioether (sulfide) groups is 1. The van der Waals surface area contributed by atoms with E-state index in [1.54, 1.807) is 13.2 Å². The highest BCUT2D eigenvalue weighted by molar-refractivity contribution is 8.26. The smallest absolute Gasteiger partial charge is 0.266 e. The van der Waals surface area contributed by atoms with E-state index in [0.29, 0.717) is 9.23 Å². The average molecular weight is 413 g/mol. The van der Waals surface area contributed by atoms with Crippen LogP contribution in [0.4, 0.5) is 5.69 Å². The number of carbonyl (C=O) groups excluding carboxylic acids is 2. The van der Waals surface area contributed by atoms with E-state index in [0.717, 1.165) is 28.1 Å². The lowest BCUT2D eigenvalue weighted by atomic mass is 10.1. The Labute approximate surface area is 173 Å². The minimum absolute atomic E-state index is 0.113. The Morgan fingerprint density at radius 1 is 1.21 bits per heavy atom. The summed E-state index contributed by atoms with van der Waals surface area (Å²) in [6, 6.07) is 13.1. The summed E-state index contributed by atoms with van der Waals surface area (Å²) in [6.07, 6.45) is 1.76. The first kappa shape index (κ1) is 20.1. The fourth-order valence-corrected chi connectivity index (χ4v) is 4.03. The third-order valence-electron chi connectivity index (χ3n) is 4.24. The van der Waals surface area contributed by atoms with Crippen LogP contribution in [-0.2, 0) is 9.59 Å². The van der Waals surface area contributed by atoms with Gasteiger partial charge in [0.15, 0.2) is 0 Å². The molecule has 2 amide bonds. The van der Waals surface area contributed by atoms with Crippen molar-refractivity contribution in [1.29, 1.82) is 0 Å². The summed E-state index contributed by atoms with van der Waals surface area (Å²) in [4.78, 5) is 26.9. The van der Waals surface area contributed by atoms with Crippen LogP contribution in [0.15, 0.2) is 47.4 Å². The zero-order valence-electron chi connectivity index (χ0n) is 15.8. The number of benzene rings is 2. The molecule has 144 valence electrons. The molecule has 0 atom stereocenters. The number of nitrogens with one attached hydrogen (secondary N) is 1. The first-order chi connectivity index (χ1) is 13.4. The van der Waals surface area contributed by atoms with E-state index >= 15 is 0 Å². The Morgan fingerprint density at radius 2 is 1.93 bits per heavy atom. The number of hydrogen-bond donors (Lipinski definition) is 1. The predicted octanol–water partition coefficient (Wildman–Crippen LogP) is 4.15. The van der Waals surface area contributed by atoms with Gasteiger partial charge in [0.05, 0.1) is 12.0 Å². The molecule has 0 aromatic heterocycles. The minimum Gasteiger partial charge on any atom is -0.497 e. The third kappa shape index (κ3) is 4.61. The molecular formula is C21H20N2O3S2. The molecule has 1 saturated heterocycles. The lowest BCUT2D eigenvalue weighted by molar-refractivity contribution is -0.126. The molecule has 1 aliphatic heterocycles. The van der Waals surface area contributed by atoms with E-state index in [2.05, 4.69) is 5.32 Å². The van der Waals surface area contributed by atoms with E-state index in [9.17, 15) is 9.59 Å². The van der Waals surface area contributed by atoms with Crippen LogP contribution >= 0.6 is 24.0 Å². The molecule has 28 heavy (non-hydrogen) atoms. The molecule has 2 aromatic rings. The van der Waals surface area contributed by atoms with Gasteiger partial charge in [0.1, 0.15) is 16.6 Å². The van der Waals surface area contributed by atoms with Gasteiger partial charge >= 0.3 is 0 Å². The third-order valence-corrected chi connectivity index (χ3v) is 5.62. The number of anilines is 1. The van der Waals surface area contributed by atoms with Gasteiger partial charge in [-0.2, -0.15) is 0 Å². The van der Waals surface area contributed by atoms with Gasteiger partial charge in [0, 0.05) is 5.69 Å². The van der Waals surface area contributed by atoms with Gasteiger partial charge in [-0.3, -0.25) is 14.5 Å². The molecule has 1 heterocycles. The normalized spacial score (nSPS) is 15.2. The molecule has 1 fully saturated rings. The summed E-state index contributed by atoms with van der Waals surface area (Å²) in [7, 11) is 1.60. The Bertz CT molecular complexity index is 968. The van der Waals surface area contributed by atoms with Crippen molar-refractivity contribution in [3.05, 3.63) is 64.1 Å². The highest BCUT2D eigenvalue weighted by atomic mass is 32.2. The molecule has 1 aliphatic rings. The SMILES string of the molecule is COc1ccc(C=C2SC(=S)N(CC(=O)Nc3ccc(C)cc3C)C2=O)cc1. The van der Waals surface area contributed by atoms with Crippen LogP contribution in [0.1, 0.15) is 16.7 Å². The second-order valence-electron chi connectivity index (χ2n) is 6.41. The maximum absolute atomic E-state index is 12.7. The van der Waals surface area contributed by atoms with Crippen molar-refractivity contribution >= 4 is 51.9 Å². The predicted molar refractivity (Wildman–Crippen MR) is 117 cm³/mol. The van der Waals surface area contributed by atoms with Crippen molar-refractivity contribution < 1.29 is 14.3 Å². The fourth-order valence-electron chi connectivity index (χ4n) is 2.77. The number of amides is 2. The van der Waals surface area contributed by atoms with Crippen LogP contribution in [-0.4, -0.2) is 34.7 Å². The first-order valence-corrected chi connectivity index (χ1v) is 9.86. The molecule has 3 rings (SSSR count). The van der Waals surface area contributed by atoms with Crippen molar-refractivity contribution in [2.45, 2.75) is 13.8 Å². The summed E-state index contributed by atoms with van der Waals surface area (Å²) in [5.74, 6) is 0.198. The minimum atomic E-state index is -0.283. The largest absolute Gasteiger partial charge is 0.497 e. The van der Waals surface area contributed by atoms with Gasteiger partial charge < -0.3 is 10.1 Å². The molecule has 7 heteroatoms. The van der Waals surface area contributed by atoms with Crippen molar-refractivity contribution in [2.24, 2.45) is 0 Å². The van der Waals surface area contributed by atoms with E-state index in [1.807, 2.05) is 56.3 Å². The summed E-state index contributed by atoms with van der Waals surface area (Å²) in [5, 5.41) is 2.85. The van der Waals surface area contributed by atoms with Gasteiger partial charge in [0.25, 0.3) is 5.91 Å². The van der Waals surface area contributed by atoms with Crippen LogP contribution in [0.5, 0.6) is 5.75 Å². The van der Waals surface area contributed by atoms with Crippen LogP contribution in [0.25, 0.3) is 6.08 Å². The van der Waals surface area contributed by atoms with Gasteiger partial charge in [0.2, 0.25) is 5.91 Å². The topological polar surface area (TPSA) is 58.6 Å². The summed E-state index contributed by atoms with van der Waals surface area (Å²) < 4.78 is 5.51. The van der Waals surface area contributed by atoms with E-state index < -0.39 is 0 Å². The lowest BCUT2D eigenvalue weighted by Crippen LogP contribution is -2.36. The van der Waals surface area contributed by atoms with Crippen molar-refractivity contribution in [1.82, 2.24) is 4.90 Å². The number of nitrogens with zero attached hydrogens (tertiary/aromatic N) is 1. The zero-order valence-corrected chi connectivity index (χ0v) is 17.4. The Balaban J connectivity index is 1.69. The molecular weight excluding hydrogens is 392 g/mol. The quantitative estimate of drug-likeness (QED) is 0.591.